The van der Waals surface area contributed by atoms with Gasteiger partial charge in [-0.3, -0.25) is 38.3 Å². The number of carbonyl (C=O) groups excluding carboxylic acids is 2. The van der Waals surface area contributed by atoms with Gasteiger partial charge < -0.3 is 9.27 Å². The maximum atomic E-state index is 13.9. The van der Waals surface area contributed by atoms with Crippen molar-refractivity contribution in [2.75, 3.05) is 13.2 Å². The Morgan fingerprint density at radius 2 is 1.16 bits per heavy atom. The van der Waals surface area contributed by atoms with Crippen molar-refractivity contribution in [3.63, 3.8) is 0 Å². The predicted molar refractivity (Wildman–Crippen MR) is 280 cm³/mol. The van der Waals surface area contributed by atoms with Gasteiger partial charge in [0.25, 0.3) is 19.4 Å². The quantitative estimate of drug-likeness (QED) is 0.0375. The molecule has 2 heterocycles. The SMILES string of the molecule is Cc1cc(C)cc(C(=O)c2c(C(C)C)c(=O)[nH]c(=O)n2CC#CCO[Si](c2ccccc2)(c2ccccc2)C(C)(C)C)c1.[C-]#[N+]CCCn1c(C(=O)c2cc(C)cc(C#C)c2)c(C(C)C)c(=O)[nH]c1=O. The minimum atomic E-state index is -2.78. The van der Waals surface area contributed by atoms with E-state index in [0.29, 0.717) is 23.1 Å². The highest BCUT2D eigenvalue weighted by Gasteiger charge is 2.50. The summed E-state index contributed by atoms with van der Waals surface area (Å²) in [5, 5.41) is 2.09. The Balaban J connectivity index is 0.000000290. The van der Waals surface area contributed by atoms with Crippen molar-refractivity contribution in [1.29, 1.82) is 0 Å². The third kappa shape index (κ3) is 12.0. The number of aromatic amines is 2. The molecule has 2 aromatic heterocycles. The topological polar surface area (TPSA) is 157 Å². The van der Waals surface area contributed by atoms with Crippen LogP contribution >= 0.6 is 0 Å². The number of H-pyrrole nitrogens is 2. The molecule has 360 valence electrons. The minimum Gasteiger partial charge on any atom is -0.396 e. The molecule has 6 aromatic rings. The van der Waals surface area contributed by atoms with Gasteiger partial charge in [-0.25, -0.2) is 16.2 Å². The first-order valence-corrected chi connectivity index (χ1v) is 25.1. The van der Waals surface area contributed by atoms with E-state index in [1.54, 1.807) is 44.2 Å². The fraction of sp³-hybridized carbons (Fsp3) is 0.316. The molecule has 0 radical (unpaired) electrons. The first kappa shape index (κ1) is 53.3. The molecular formula is C57H61N5O7Si. The summed E-state index contributed by atoms with van der Waals surface area (Å²) in [6.07, 6.45) is 5.86. The summed E-state index contributed by atoms with van der Waals surface area (Å²) >= 11 is 0. The second-order valence-electron chi connectivity index (χ2n) is 18.9. The van der Waals surface area contributed by atoms with Crippen molar-refractivity contribution >= 4 is 30.3 Å². The number of benzene rings is 4. The molecule has 0 spiro atoms. The van der Waals surface area contributed by atoms with E-state index in [4.69, 9.17) is 17.4 Å². The Labute approximate surface area is 410 Å². The smallest absolute Gasteiger partial charge is 0.329 e. The molecule has 0 atom stereocenters. The van der Waals surface area contributed by atoms with E-state index in [-0.39, 0.29) is 71.4 Å². The van der Waals surface area contributed by atoms with E-state index in [1.165, 1.54) is 9.13 Å². The number of aromatic nitrogens is 4. The summed E-state index contributed by atoms with van der Waals surface area (Å²) in [7, 11) is -2.78. The van der Waals surface area contributed by atoms with Crippen LogP contribution in [0.25, 0.3) is 4.85 Å². The van der Waals surface area contributed by atoms with Crippen LogP contribution in [-0.2, 0) is 17.5 Å². The van der Waals surface area contributed by atoms with Crippen LogP contribution in [0.15, 0.2) is 116 Å². The molecule has 70 heavy (non-hydrogen) atoms. The molecule has 0 fully saturated rings. The third-order valence-electron chi connectivity index (χ3n) is 11.8. The number of nitrogens with zero attached hydrogens (tertiary/aromatic N) is 3. The van der Waals surface area contributed by atoms with Crippen LogP contribution in [-0.4, -0.2) is 52.1 Å². The fourth-order valence-electron chi connectivity index (χ4n) is 8.87. The molecule has 0 aliphatic heterocycles. The zero-order chi connectivity index (χ0) is 51.5. The number of terminal acetylenes is 1. The van der Waals surface area contributed by atoms with Gasteiger partial charge in [0.05, 0.1) is 13.2 Å². The van der Waals surface area contributed by atoms with Gasteiger partial charge in [0.15, 0.2) is 0 Å². The molecule has 0 saturated heterocycles. The average molecular weight is 956 g/mol. The second-order valence-corrected chi connectivity index (χ2v) is 23.2. The van der Waals surface area contributed by atoms with Crippen molar-refractivity contribution < 1.29 is 14.0 Å². The van der Waals surface area contributed by atoms with Crippen molar-refractivity contribution in [3.8, 4) is 24.2 Å². The lowest BCUT2D eigenvalue weighted by molar-refractivity contribution is 0.101. The number of aryl methyl sites for hydroxylation is 3. The molecule has 6 rings (SSSR count). The van der Waals surface area contributed by atoms with Crippen molar-refractivity contribution in [2.24, 2.45) is 0 Å². The fourth-order valence-corrected chi connectivity index (χ4v) is 13.3. The van der Waals surface area contributed by atoms with E-state index >= 15 is 0 Å². The lowest BCUT2D eigenvalue weighted by atomic mass is 9.95. The maximum absolute atomic E-state index is 13.9. The lowest BCUT2D eigenvalue weighted by Crippen LogP contribution is -2.66. The number of carbonyl (C=O) groups is 2. The molecular weight excluding hydrogens is 895 g/mol. The number of hydrogen-bond acceptors (Lipinski definition) is 7. The van der Waals surface area contributed by atoms with Gasteiger partial charge in [0, 0.05) is 40.8 Å². The van der Waals surface area contributed by atoms with Crippen molar-refractivity contribution in [1.82, 2.24) is 19.1 Å². The van der Waals surface area contributed by atoms with E-state index in [1.807, 2.05) is 77.1 Å². The molecule has 0 unspecified atom stereocenters. The predicted octanol–water partition coefficient (Wildman–Crippen LogP) is 7.58. The monoisotopic (exact) mass is 955 g/mol. The van der Waals surface area contributed by atoms with Crippen LogP contribution in [0.4, 0.5) is 0 Å². The van der Waals surface area contributed by atoms with Gasteiger partial charge in [-0.1, -0.05) is 144 Å². The van der Waals surface area contributed by atoms with Crippen molar-refractivity contribution in [2.45, 2.75) is 106 Å². The molecule has 0 aliphatic carbocycles. The summed E-state index contributed by atoms with van der Waals surface area (Å²) in [4.78, 5) is 85.9. The van der Waals surface area contributed by atoms with Crippen LogP contribution in [0.1, 0.15) is 132 Å². The Kier molecular flexibility index (Phi) is 17.6. The van der Waals surface area contributed by atoms with Gasteiger partial charge in [0.1, 0.15) is 11.4 Å². The highest BCUT2D eigenvalue weighted by Crippen LogP contribution is 2.36. The molecule has 0 saturated carbocycles. The Bertz CT molecular complexity index is 3230. The summed E-state index contributed by atoms with van der Waals surface area (Å²) in [6.45, 7) is 26.9. The standard InChI is InChI=1S/C36H40N2O4Si.C21H21N3O3/c1-25(2)31-32(33(39)28-23-26(3)22-27(4)24-28)38(35(41)37-34(31)40)20-14-15-21-42-43(36(5,6)7,29-16-10-8-11-17-29)30-18-12-9-13-19-30;1-6-15-10-14(4)11-16(12-15)19(25)18-17(13(2)3)20(26)23-21(27)24(18)9-7-8-22-5/h8-13,16-19,22-25H,20-21H2,1-7H3,(H,37,40,41);1,10-13H,7-9H2,2-4H3,(H,23,26,27). The number of nitrogens with one attached hydrogen (secondary N) is 2. The molecule has 13 heteroatoms. The summed E-state index contributed by atoms with van der Waals surface area (Å²) in [6, 6.07) is 31.2. The maximum Gasteiger partial charge on any atom is 0.329 e. The van der Waals surface area contributed by atoms with Crippen molar-refractivity contribution in [3.05, 3.63) is 206 Å². The van der Waals surface area contributed by atoms with Crippen LogP contribution in [0.2, 0.25) is 5.04 Å². The molecule has 4 aromatic carbocycles. The summed E-state index contributed by atoms with van der Waals surface area (Å²) in [5.74, 6) is 7.34. The zero-order valence-electron chi connectivity index (χ0n) is 41.7. The number of rotatable bonds is 14. The van der Waals surface area contributed by atoms with Gasteiger partial charge in [-0.2, -0.15) is 0 Å². The zero-order valence-corrected chi connectivity index (χ0v) is 42.7. The molecule has 12 nitrogen and oxygen atoms in total. The molecule has 0 aliphatic rings. The largest absolute Gasteiger partial charge is 0.396 e. The normalized spacial score (nSPS) is 11.2. The number of hydrogen-bond donors (Lipinski definition) is 2. The first-order valence-electron chi connectivity index (χ1n) is 23.2. The Morgan fingerprint density at radius 1 is 0.700 bits per heavy atom. The lowest BCUT2D eigenvalue weighted by Gasteiger charge is -2.42. The Hall–Kier alpha value is -7.63. The Morgan fingerprint density at radius 3 is 1.61 bits per heavy atom. The molecule has 0 amide bonds. The highest BCUT2D eigenvalue weighted by atomic mass is 28.4. The molecule has 0 bridgehead atoms. The third-order valence-corrected chi connectivity index (χ3v) is 16.8. The molecule has 2 N–H and O–H groups in total. The van der Waals surface area contributed by atoms with E-state index in [0.717, 1.165) is 27.1 Å². The highest BCUT2D eigenvalue weighted by molar-refractivity contribution is 6.99. The van der Waals surface area contributed by atoms with Crippen LogP contribution < -0.4 is 32.9 Å². The first-order chi connectivity index (χ1) is 33.2. The summed E-state index contributed by atoms with van der Waals surface area (Å²) in [5.41, 5.74) is 2.22. The van der Waals surface area contributed by atoms with Gasteiger partial charge >= 0.3 is 11.4 Å². The van der Waals surface area contributed by atoms with E-state index in [2.05, 4.69) is 77.6 Å². The summed E-state index contributed by atoms with van der Waals surface area (Å²) < 4.78 is 9.39. The van der Waals surface area contributed by atoms with E-state index in [9.17, 15) is 28.8 Å². The van der Waals surface area contributed by atoms with Crippen LogP contribution in [0, 0.1) is 51.5 Å². The number of ketones is 2. The second kappa shape index (κ2) is 23.1. The van der Waals surface area contributed by atoms with E-state index < -0.39 is 36.6 Å². The average Bonchev–Trinajstić information content (AvgIpc) is 3.30. The van der Waals surface area contributed by atoms with Crippen LogP contribution in [0.3, 0.4) is 0 Å². The van der Waals surface area contributed by atoms with Crippen LogP contribution in [0.5, 0.6) is 0 Å². The van der Waals surface area contributed by atoms with Gasteiger partial charge in [-0.05, 0) is 83.9 Å². The minimum absolute atomic E-state index is 0.0642. The van der Waals surface area contributed by atoms with Gasteiger partial charge in [0.2, 0.25) is 18.1 Å². The van der Waals surface area contributed by atoms with Gasteiger partial charge in [-0.15, -0.1) is 6.42 Å².